The van der Waals surface area contributed by atoms with Crippen molar-refractivity contribution in [1.29, 1.82) is 0 Å². The maximum absolute atomic E-state index is 12.1. The number of likely N-dealkylation sites (tertiary alicyclic amines) is 1. The summed E-state index contributed by atoms with van der Waals surface area (Å²) in [6, 6.07) is 0.361. The average Bonchev–Trinajstić information content (AvgIpc) is 3.01. The maximum Gasteiger partial charge on any atom is 0.241 e. The molecule has 1 aliphatic heterocycles. The van der Waals surface area contributed by atoms with Crippen molar-refractivity contribution >= 4 is 11.8 Å². The Labute approximate surface area is 145 Å². The van der Waals surface area contributed by atoms with Crippen LogP contribution in [-0.2, 0) is 14.3 Å². The number of hydrogen-bond acceptors (Lipinski definition) is 4. The Balaban J connectivity index is 1.61. The fourth-order valence-corrected chi connectivity index (χ4v) is 3.40. The molecule has 2 amide bonds. The fraction of sp³-hybridized carbons (Fsp3) is 0.889. The molecule has 0 radical (unpaired) electrons. The predicted molar refractivity (Wildman–Crippen MR) is 93.7 cm³/mol. The van der Waals surface area contributed by atoms with E-state index in [9.17, 15) is 9.59 Å². The largest absolute Gasteiger partial charge is 0.378 e. The summed E-state index contributed by atoms with van der Waals surface area (Å²) in [5.41, 5.74) is 0. The summed E-state index contributed by atoms with van der Waals surface area (Å²) in [5.74, 6) is 0.0814. The van der Waals surface area contributed by atoms with E-state index in [0.29, 0.717) is 25.1 Å². The molecule has 2 aliphatic rings. The zero-order valence-electron chi connectivity index (χ0n) is 15.3. The van der Waals surface area contributed by atoms with Gasteiger partial charge in [0.1, 0.15) is 0 Å². The quantitative estimate of drug-likeness (QED) is 0.679. The van der Waals surface area contributed by atoms with Crippen molar-refractivity contribution in [1.82, 2.24) is 15.1 Å². The van der Waals surface area contributed by atoms with E-state index >= 15 is 0 Å². The Kier molecular flexibility index (Phi) is 7.99. The number of ether oxygens (including phenoxy) is 1. The lowest BCUT2D eigenvalue weighted by Crippen LogP contribution is -2.40. The van der Waals surface area contributed by atoms with Gasteiger partial charge in [0, 0.05) is 39.7 Å². The molecule has 1 N–H and O–H groups in total. The van der Waals surface area contributed by atoms with Crippen molar-refractivity contribution in [3.8, 4) is 0 Å². The highest BCUT2D eigenvalue weighted by Crippen LogP contribution is 2.20. The van der Waals surface area contributed by atoms with E-state index in [-0.39, 0.29) is 18.4 Å². The van der Waals surface area contributed by atoms with E-state index in [1.807, 2.05) is 0 Å². The van der Waals surface area contributed by atoms with E-state index in [1.54, 1.807) is 19.0 Å². The molecular formula is C18H33N3O3. The first-order valence-corrected chi connectivity index (χ1v) is 9.39. The van der Waals surface area contributed by atoms with Crippen molar-refractivity contribution in [2.24, 2.45) is 0 Å². The molecule has 1 atom stereocenters. The minimum atomic E-state index is -0.0150. The highest BCUT2D eigenvalue weighted by atomic mass is 16.5. The second kappa shape index (κ2) is 9.99. The van der Waals surface area contributed by atoms with Crippen LogP contribution in [0.2, 0.25) is 0 Å². The molecule has 1 aliphatic carbocycles. The molecule has 1 saturated carbocycles. The Morgan fingerprint density at radius 1 is 1.25 bits per heavy atom. The lowest BCUT2D eigenvalue weighted by molar-refractivity contribution is -0.138. The van der Waals surface area contributed by atoms with E-state index in [0.717, 1.165) is 32.4 Å². The lowest BCUT2D eigenvalue weighted by Gasteiger charge is -2.22. The molecule has 0 aromatic carbocycles. The van der Waals surface area contributed by atoms with Crippen LogP contribution in [-0.4, -0.2) is 74.1 Å². The normalized spacial score (nSPS) is 22.7. The number of nitrogens with zero attached hydrogens (tertiary/aromatic N) is 2. The van der Waals surface area contributed by atoms with Crippen LogP contribution in [0, 0.1) is 0 Å². The van der Waals surface area contributed by atoms with Gasteiger partial charge in [-0.05, 0) is 38.6 Å². The second-order valence-electron chi connectivity index (χ2n) is 7.21. The summed E-state index contributed by atoms with van der Waals surface area (Å²) >= 11 is 0. The third kappa shape index (κ3) is 6.40. The summed E-state index contributed by atoms with van der Waals surface area (Å²) in [6.45, 7) is 2.62. The van der Waals surface area contributed by atoms with Crippen LogP contribution in [0.3, 0.4) is 0 Å². The average molecular weight is 339 g/mol. The van der Waals surface area contributed by atoms with Gasteiger partial charge in [0.05, 0.1) is 12.6 Å². The third-order valence-electron chi connectivity index (χ3n) is 5.04. The fourth-order valence-electron chi connectivity index (χ4n) is 3.40. The van der Waals surface area contributed by atoms with Crippen LogP contribution in [0.4, 0.5) is 0 Å². The Morgan fingerprint density at radius 3 is 2.71 bits per heavy atom. The van der Waals surface area contributed by atoms with Gasteiger partial charge in [-0.15, -0.1) is 0 Å². The number of carbonyl (C=O) groups is 2. The standard InChI is InChI=1S/C18H33N3O3/c1-20(2)18(23)14-21-12-10-15(8-9-17(21)22)19-11-5-13-24-16-6-3-4-7-16/h15-16,19H,3-14H2,1-2H3. The van der Waals surface area contributed by atoms with Crippen LogP contribution >= 0.6 is 0 Å². The van der Waals surface area contributed by atoms with Gasteiger partial charge in [0.15, 0.2) is 0 Å². The number of likely N-dealkylation sites (N-methyl/N-ethyl adjacent to an activating group) is 1. The number of nitrogens with one attached hydrogen (secondary N) is 1. The number of hydrogen-bond donors (Lipinski definition) is 1. The molecule has 0 bridgehead atoms. The molecule has 2 fully saturated rings. The van der Waals surface area contributed by atoms with Gasteiger partial charge in [-0.1, -0.05) is 12.8 Å². The molecule has 0 aromatic rings. The van der Waals surface area contributed by atoms with Gasteiger partial charge >= 0.3 is 0 Å². The van der Waals surface area contributed by atoms with Crippen molar-refractivity contribution in [2.45, 2.75) is 63.5 Å². The summed E-state index contributed by atoms with van der Waals surface area (Å²) < 4.78 is 5.87. The van der Waals surface area contributed by atoms with Gasteiger partial charge in [-0.3, -0.25) is 9.59 Å². The molecule has 0 aromatic heterocycles. The molecule has 6 nitrogen and oxygen atoms in total. The van der Waals surface area contributed by atoms with Crippen LogP contribution < -0.4 is 5.32 Å². The zero-order chi connectivity index (χ0) is 17.4. The van der Waals surface area contributed by atoms with Crippen molar-refractivity contribution in [3.63, 3.8) is 0 Å². The van der Waals surface area contributed by atoms with Gasteiger partial charge in [0.25, 0.3) is 0 Å². The molecule has 2 rings (SSSR count). The van der Waals surface area contributed by atoms with E-state index < -0.39 is 0 Å². The molecule has 1 unspecified atom stereocenters. The Hall–Kier alpha value is -1.14. The number of amides is 2. The molecule has 6 heteroatoms. The molecule has 24 heavy (non-hydrogen) atoms. The van der Waals surface area contributed by atoms with Crippen molar-refractivity contribution in [2.75, 3.05) is 40.3 Å². The first-order valence-electron chi connectivity index (χ1n) is 9.39. The van der Waals surface area contributed by atoms with E-state index in [2.05, 4.69) is 5.32 Å². The van der Waals surface area contributed by atoms with Gasteiger partial charge in [0.2, 0.25) is 11.8 Å². The zero-order valence-corrected chi connectivity index (χ0v) is 15.3. The molecule has 138 valence electrons. The predicted octanol–water partition coefficient (Wildman–Crippen LogP) is 1.39. The second-order valence-corrected chi connectivity index (χ2v) is 7.21. The topological polar surface area (TPSA) is 61.9 Å². The lowest BCUT2D eigenvalue weighted by atomic mass is 10.1. The van der Waals surface area contributed by atoms with Gasteiger partial charge in [-0.25, -0.2) is 0 Å². The van der Waals surface area contributed by atoms with Crippen LogP contribution in [0.25, 0.3) is 0 Å². The highest BCUT2D eigenvalue weighted by molar-refractivity contribution is 5.84. The van der Waals surface area contributed by atoms with Crippen LogP contribution in [0.1, 0.15) is 51.4 Å². The summed E-state index contributed by atoms with van der Waals surface area (Å²) in [5, 5.41) is 3.55. The van der Waals surface area contributed by atoms with E-state index in [1.165, 1.54) is 30.6 Å². The third-order valence-corrected chi connectivity index (χ3v) is 5.04. The minimum Gasteiger partial charge on any atom is -0.378 e. The minimum absolute atomic E-state index is 0.0150. The SMILES string of the molecule is CN(C)C(=O)CN1CCC(NCCCOC2CCCC2)CCC1=O. The first kappa shape index (κ1) is 19.2. The highest BCUT2D eigenvalue weighted by Gasteiger charge is 2.24. The molecule has 0 spiro atoms. The summed E-state index contributed by atoms with van der Waals surface area (Å²) in [6.07, 6.45) is 8.87. The summed E-state index contributed by atoms with van der Waals surface area (Å²) in [4.78, 5) is 27.2. The molecule has 1 heterocycles. The molecular weight excluding hydrogens is 306 g/mol. The molecule has 1 saturated heterocycles. The smallest absolute Gasteiger partial charge is 0.241 e. The first-order chi connectivity index (χ1) is 11.6. The Morgan fingerprint density at radius 2 is 2.00 bits per heavy atom. The Bertz CT molecular complexity index is 408. The number of rotatable bonds is 8. The van der Waals surface area contributed by atoms with Crippen molar-refractivity contribution in [3.05, 3.63) is 0 Å². The maximum atomic E-state index is 12.1. The van der Waals surface area contributed by atoms with Crippen LogP contribution in [0.15, 0.2) is 0 Å². The summed E-state index contributed by atoms with van der Waals surface area (Å²) in [7, 11) is 3.45. The monoisotopic (exact) mass is 339 g/mol. The van der Waals surface area contributed by atoms with Crippen molar-refractivity contribution < 1.29 is 14.3 Å². The van der Waals surface area contributed by atoms with E-state index in [4.69, 9.17) is 4.74 Å². The van der Waals surface area contributed by atoms with Crippen LogP contribution in [0.5, 0.6) is 0 Å². The van der Waals surface area contributed by atoms with Gasteiger partial charge in [-0.2, -0.15) is 0 Å². The van der Waals surface area contributed by atoms with Gasteiger partial charge < -0.3 is 19.9 Å². The number of carbonyl (C=O) groups excluding carboxylic acids is 2.